The number of aromatic nitrogens is 5. The molecule has 0 aliphatic carbocycles. The van der Waals surface area contributed by atoms with Crippen LogP contribution in [0.25, 0.3) is 33.5 Å². The molecule has 0 atom stereocenters. The standard InChI is InChI=1S/C29H20F3N5O2S/c30-29(31,32)21-13-7-12-20(14-21)26-34-23(39-36-26)17-40-28-35-24-22(19-10-5-2-6-11-19)15-33-25(24)27(38)37(28)16-18-8-3-1-4-9-18/h1-15,33H,16-17H2. The zero-order valence-corrected chi connectivity index (χ0v) is 21.5. The molecule has 6 rings (SSSR count). The molecular formula is C29H20F3N5O2S. The smallest absolute Gasteiger partial charge is 0.355 e. The van der Waals surface area contributed by atoms with E-state index in [4.69, 9.17) is 9.51 Å². The van der Waals surface area contributed by atoms with Crippen molar-refractivity contribution in [2.24, 2.45) is 0 Å². The van der Waals surface area contributed by atoms with E-state index in [-0.39, 0.29) is 28.6 Å². The zero-order valence-electron chi connectivity index (χ0n) is 20.7. The van der Waals surface area contributed by atoms with Crippen LogP contribution in [0, 0.1) is 0 Å². The average molecular weight is 560 g/mol. The van der Waals surface area contributed by atoms with Crippen molar-refractivity contribution >= 4 is 22.8 Å². The summed E-state index contributed by atoms with van der Waals surface area (Å²) in [6.45, 7) is 0.296. The third kappa shape index (κ3) is 5.15. The lowest BCUT2D eigenvalue weighted by atomic mass is 10.1. The highest BCUT2D eigenvalue weighted by Crippen LogP contribution is 2.32. The first-order valence-electron chi connectivity index (χ1n) is 12.2. The number of H-pyrrole nitrogens is 1. The van der Waals surface area contributed by atoms with Gasteiger partial charge in [-0.05, 0) is 23.3 Å². The lowest BCUT2D eigenvalue weighted by Crippen LogP contribution is -2.24. The maximum Gasteiger partial charge on any atom is 0.416 e. The largest absolute Gasteiger partial charge is 0.416 e. The first-order valence-corrected chi connectivity index (χ1v) is 13.2. The molecular weight excluding hydrogens is 539 g/mol. The van der Waals surface area contributed by atoms with Gasteiger partial charge >= 0.3 is 6.18 Å². The van der Waals surface area contributed by atoms with Gasteiger partial charge in [0, 0.05) is 17.3 Å². The summed E-state index contributed by atoms with van der Waals surface area (Å²) < 4.78 is 46.3. The SMILES string of the molecule is O=c1c2[nH]cc(-c3ccccc3)c2nc(SCc2nc(-c3cccc(C(F)(F)F)c3)no2)n1Cc1ccccc1. The van der Waals surface area contributed by atoms with Gasteiger partial charge in [-0.15, -0.1) is 0 Å². The van der Waals surface area contributed by atoms with Crippen LogP contribution in [0.2, 0.25) is 0 Å². The molecule has 3 aromatic heterocycles. The van der Waals surface area contributed by atoms with Crippen LogP contribution in [0.3, 0.4) is 0 Å². The molecule has 0 amide bonds. The highest BCUT2D eigenvalue weighted by Gasteiger charge is 2.30. The zero-order chi connectivity index (χ0) is 27.7. The number of benzene rings is 3. The summed E-state index contributed by atoms with van der Waals surface area (Å²) in [6, 6.07) is 23.9. The van der Waals surface area contributed by atoms with Crippen molar-refractivity contribution in [3.05, 3.63) is 118 Å². The Morgan fingerprint density at radius 1 is 0.900 bits per heavy atom. The van der Waals surface area contributed by atoms with Crippen molar-refractivity contribution < 1.29 is 17.7 Å². The van der Waals surface area contributed by atoms with E-state index >= 15 is 0 Å². The van der Waals surface area contributed by atoms with Crippen LogP contribution in [0.1, 0.15) is 17.0 Å². The molecule has 0 radical (unpaired) electrons. The molecule has 0 aliphatic heterocycles. The maximum atomic E-state index is 13.6. The minimum Gasteiger partial charge on any atom is -0.355 e. The molecule has 0 saturated carbocycles. The van der Waals surface area contributed by atoms with Crippen LogP contribution in [0.4, 0.5) is 13.2 Å². The predicted octanol–water partition coefficient (Wildman–Crippen LogP) is 6.80. The van der Waals surface area contributed by atoms with Crippen molar-refractivity contribution in [2.75, 3.05) is 0 Å². The number of thioether (sulfide) groups is 1. The van der Waals surface area contributed by atoms with Gasteiger partial charge in [0.05, 0.1) is 17.9 Å². The number of nitrogens with zero attached hydrogens (tertiary/aromatic N) is 4. The van der Waals surface area contributed by atoms with Crippen LogP contribution < -0.4 is 5.56 Å². The summed E-state index contributed by atoms with van der Waals surface area (Å²) in [5.74, 6) is 0.392. The van der Waals surface area contributed by atoms with Gasteiger partial charge in [-0.2, -0.15) is 18.2 Å². The van der Waals surface area contributed by atoms with Gasteiger partial charge in [0.15, 0.2) is 5.16 Å². The number of hydrogen-bond acceptors (Lipinski definition) is 6. The topological polar surface area (TPSA) is 89.6 Å². The van der Waals surface area contributed by atoms with Crippen molar-refractivity contribution in [1.82, 2.24) is 24.7 Å². The number of hydrogen-bond donors (Lipinski definition) is 1. The number of aromatic amines is 1. The number of fused-ring (bicyclic) bond motifs is 1. The molecule has 40 heavy (non-hydrogen) atoms. The molecule has 3 heterocycles. The quantitative estimate of drug-likeness (QED) is 0.171. The molecule has 0 fully saturated rings. The number of rotatable bonds is 7. The van der Waals surface area contributed by atoms with E-state index < -0.39 is 11.7 Å². The van der Waals surface area contributed by atoms with E-state index in [0.29, 0.717) is 22.7 Å². The Hall–Kier alpha value is -4.64. The van der Waals surface area contributed by atoms with Gasteiger partial charge in [-0.25, -0.2) is 4.98 Å². The molecule has 3 aromatic carbocycles. The van der Waals surface area contributed by atoms with Gasteiger partial charge in [-0.1, -0.05) is 89.7 Å². The maximum absolute atomic E-state index is 13.6. The molecule has 200 valence electrons. The highest BCUT2D eigenvalue weighted by atomic mass is 32.2. The van der Waals surface area contributed by atoms with Crippen LogP contribution in [0.5, 0.6) is 0 Å². The van der Waals surface area contributed by atoms with E-state index in [0.717, 1.165) is 28.8 Å². The third-order valence-corrected chi connectivity index (χ3v) is 7.22. The van der Waals surface area contributed by atoms with E-state index in [1.54, 1.807) is 10.8 Å². The van der Waals surface area contributed by atoms with Crippen LogP contribution in [0.15, 0.2) is 106 Å². The Bertz CT molecular complexity index is 1850. The van der Waals surface area contributed by atoms with Crippen molar-refractivity contribution in [3.8, 4) is 22.5 Å². The molecule has 0 unspecified atom stereocenters. The molecule has 6 aromatic rings. The minimum atomic E-state index is -4.48. The normalized spacial score (nSPS) is 11.8. The molecule has 0 aliphatic rings. The Labute approximate surface area is 229 Å². The van der Waals surface area contributed by atoms with Crippen LogP contribution >= 0.6 is 11.8 Å². The van der Waals surface area contributed by atoms with Gasteiger partial charge in [0.1, 0.15) is 11.0 Å². The highest BCUT2D eigenvalue weighted by molar-refractivity contribution is 7.98. The number of alkyl halides is 3. The molecule has 1 N–H and O–H groups in total. The lowest BCUT2D eigenvalue weighted by molar-refractivity contribution is -0.137. The summed E-state index contributed by atoms with van der Waals surface area (Å²) >= 11 is 1.23. The van der Waals surface area contributed by atoms with Crippen molar-refractivity contribution in [3.63, 3.8) is 0 Å². The van der Waals surface area contributed by atoms with E-state index in [9.17, 15) is 18.0 Å². The fourth-order valence-corrected chi connectivity index (χ4v) is 5.15. The monoisotopic (exact) mass is 559 g/mol. The van der Waals surface area contributed by atoms with E-state index in [1.165, 1.54) is 23.9 Å². The van der Waals surface area contributed by atoms with Gasteiger partial charge in [-0.3, -0.25) is 9.36 Å². The fourth-order valence-electron chi connectivity index (χ4n) is 4.32. The minimum absolute atomic E-state index is 0.0452. The first kappa shape index (κ1) is 25.6. The Kier molecular flexibility index (Phi) is 6.72. The summed E-state index contributed by atoms with van der Waals surface area (Å²) in [7, 11) is 0. The van der Waals surface area contributed by atoms with Gasteiger partial charge in [0.25, 0.3) is 5.56 Å². The average Bonchev–Trinajstić information content (AvgIpc) is 3.62. The van der Waals surface area contributed by atoms with Crippen LogP contribution in [-0.2, 0) is 18.5 Å². The molecule has 0 saturated heterocycles. The fraction of sp³-hybridized carbons (Fsp3) is 0.103. The third-order valence-electron chi connectivity index (χ3n) is 6.26. The molecule has 11 heteroatoms. The van der Waals surface area contributed by atoms with E-state index in [2.05, 4.69) is 15.1 Å². The second kappa shape index (κ2) is 10.5. The number of nitrogens with one attached hydrogen (secondary N) is 1. The Morgan fingerprint density at radius 3 is 2.38 bits per heavy atom. The summed E-state index contributed by atoms with van der Waals surface area (Å²) in [5.41, 5.74) is 2.73. The Balaban J connectivity index is 1.35. The van der Waals surface area contributed by atoms with Crippen molar-refractivity contribution in [1.29, 1.82) is 0 Å². The second-order valence-corrected chi connectivity index (χ2v) is 9.88. The van der Waals surface area contributed by atoms with Gasteiger partial charge < -0.3 is 9.51 Å². The molecule has 0 spiro atoms. The summed E-state index contributed by atoms with van der Waals surface area (Å²) in [5, 5.41) is 4.31. The molecule has 7 nitrogen and oxygen atoms in total. The summed E-state index contributed by atoms with van der Waals surface area (Å²) in [4.78, 5) is 25.9. The van der Waals surface area contributed by atoms with Crippen molar-refractivity contribution in [2.45, 2.75) is 23.6 Å². The first-order chi connectivity index (χ1) is 19.4. The number of halogens is 3. The second-order valence-electron chi connectivity index (χ2n) is 8.94. The van der Waals surface area contributed by atoms with E-state index in [1.807, 2.05) is 60.7 Å². The Morgan fingerprint density at radius 2 is 1.62 bits per heavy atom. The van der Waals surface area contributed by atoms with Crippen LogP contribution in [-0.4, -0.2) is 24.7 Å². The summed E-state index contributed by atoms with van der Waals surface area (Å²) in [6.07, 6.45) is -2.71. The predicted molar refractivity (Wildman–Crippen MR) is 146 cm³/mol. The molecule has 0 bridgehead atoms. The lowest BCUT2D eigenvalue weighted by Gasteiger charge is -2.12. The van der Waals surface area contributed by atoms with Gasteiger partial charge in [0.2, 0.25) is 11.7 Å².